The molecule has 3 nitrogen and oxygen atoms in total. The van der Waals surface area contributed by atoms with Gasteiger partial charge >= 0.3 is 0 Å². The first-order chi connectivity index (χ1) is 10.9. The third kappa shape index (κ3) is 1.99. The van der Waals surface area contributed by atoms with E-state index in [2.05, 4.69) is 19.9 Å². The molecule has 4 aliphatic carbocycles. The molecule has 2 unspecified atom stereocenters. The summed E-state index contributed by atoms with van der Waals surface area (Å²) in [5.41, 5.74) is 1.13. The van der Waals surface area contributed by atoms with E-state index < -0.39 is 0 Å². The fraction of sp³-hybridized carbons (Fsp3) is 0.850. The Hall–Kier alpha value is -0.670. The van der Waals surface area contributed by atoms with Crippen molar-refractivity contribution in [2.75, 3.05) is 6.61 Å². The fourth-order valence-corrected chi connectivity index (χ4v) is 6.92. The van der Waals surface area contributed by atoms with Crippen molar-refractivity contribution in [3.63, 3.8) is 0 Å². The molecule has 0 bridgehead atoms. The second-order valence-corrected chi connectivity index (χ2v) is 9.01. The summed E-state index contributed by atoms with van der Waals surface area (Å²) >= 11 is 0. The largest absolute Gasteiger partial charge is 0.395 e. The van der Waals surface area contributed by atoms with Gasteiger partial charge in [-0.15, -0.1) is 0 Å². The van der Waals surface area contributed by atoms with Gasteiger partial charge in [0, 0.05) is 18.3 Å². The molecule has 128 valence electrons. The molecule has 0 heterocycles. The van der Waals surface area contributed by atoms with Gasteiger partial charge in [-0.2, -0.15) is 0 Å². The molecule has 2 N–H and O–H groups in total. The Bertz CT molecular complexity index is 553. The number of rotatable bonds is 1. The molecule has 4 aliphatic rings. The van der Waals surface area contributed by atoms with Crippen molar-refractivity contribution in [2.24, 2.45) is 34.5 Å². The normalized spacial score (nSPS) is 52.4. The minimum absolute atomic E-state index is 0.0574. The number of carbonyl (C=O) groups excluding carboxylic acids is 1. The molecule has 3 fully saturated rings. The maximum absolute atomic E-state index is 12.0. The minimum Gasteiger partial charge on any atom is -0.395 e. The third-order valence-electron chi connectivity index (χ3n) is 8.22. The minimum atomic E-state index is -0.163. The van der Waals surface area contributed by atoms with E-state index in [0.29, 0.717) is 42.3 Å². The SMILES string of the molecule is CC1C=C2CC(=O)CC[C@]2(CO)[C@@H]2CC[C@]3(C)C(O)CC[C@H]3[C@H]12. The van der Waals surface area contributed by atoms with Crippen molar-refractivity contribution < 1.29 is 15.0 Å². The van der Waals surface area contributed by atoms with Gasteiger partial charge in [0.1, 0.15) is 5.78 Å². The summed E-state index contributed by atoms with van der Waals surface area (Å²) in [4.78, 5) is 12.0. The van der Waals surface area contributed by atoms with Crippen LogP contribution in [0.4, 0.5) is 0 Å². The standard InChI is InChI=1S/C20H30O3/c1-12-9-13-10-14(22)5-8-20(13,11-21)16-6-7-19(2)15(18(12)16)3-4-17(19)23/h9,12,15-18,21,23H,3-8,10-11H2,1-2H3/t12?,15-,16+,17?,18-,19-,20+/m0/s1. The van der Waals surface area contributed by atoms with Crippen LogP contribution >= 0.6 is 0 Å². The fourth-order valence-electron chi connectivity index (χ4n) is 6.92. The second kappa shape index (κ2) is 5.16. The van der Waals surface area contributed by atoms with Crippen LogP contribution in [0.2, 0.25) is 0 Å². The molecule has 0 aliphatic heterocycles. The van der Waals surface area contributed by atoms with Crippen molar-refractivity contribution in [2.45, 2.75) is 64.9 Å². The van der Waals surface area contributed by atoms with Gasteiger partial charge in [0.2, 0.25) is 0 Å². The highest BCUT2D eigenvalue weighted by Crippen LogP contribution is 2.65. The highest BCUT2D eigenvalue weighted by Gasteiger charge is 2.60. The summed E-state index contributed by atoms with van der Waals surface area (Å²) in [5, 5.41) is 20.9. The molecule has 0 saturated heterocycles. The van der Waals surface area contributed by atoms with Gasteiger partial charge in [-0.05, 0) is 61.2 Å². The van der Waals surface area contributed by atoms with E-state index in [4.69, 9.17) is 0 Å². The molecular weight excluding hydrogens is 288 g/mol. The summed E-state index contributed by atoms with van der Waals surface area (Å²) in [6, 6.07) is 0. The number of ketones is 1. The lowest BCUT2D eigenvalue weighted by Gasteiger charge is -2.59. The number of carbonyl (C=O) groups is 1. The number of fused-ring (bicyclic) bond motifs is 5. The predicted molar refractivity (Wildman–Crippen MR) is 88.7 cm³/mol. The Morgan fingerprint density at radius 3 is 2.74 bits per heavy atom. The van der Waals surface area contributed by atoms with E-state index in [1.54, 1.807) is 0 Å². The highest BCUT2D eigenvalue weighted by molar-refractivity contribution is 5.82. The van der Waals surface area contributed by atoms with Crippen LogP contribution in [0.15, 0.2) is 11.6 Å². The van der Waals surface area contributed by atoms with E-state index in [1.807, 2.05) is 0 Å². The molecule has 0 radical (unpaired) electrons. The predicted octanol–water partition coefficient (Wildman–Crippen LogP) is 3.10. The van der Waals surface area contributed by atoms with Gasteiger partial charge < -0.3 is 10.2 Å². The van der Waals surface area contributed by atoms with Crippen LogP contribution in [0, 0.1) is 34.5 Å². The Kier molecular flexibility index (Phi) is 3.55. The van der Waals surface area contributed by atoms with E-state index in [9.17, 15) is 15.0 Å². The molecule has 7 atom stereocenters. The summed E-state index contributed by atoms with van der Waals surface area (Å²) in [5.74, 6) is 2.39. The average molecular weight is 318 g/mol. The van der Waals surface area contributed by atoms with Crippen molar-refractivity contribution >= 4 is 5.78 Å². The van der Waals surface area contributed by atoms with Crippen LogP contribution in [-0.4, -0.2) is 28.7 Å². The Labute approximate surface area is 139 Å². The number of aliphatic hydroxyl groups excluding tert-OH is 2. The van der Waals surface area contributed by atoms with Crippen molar-refractivity contribution in [1.82, 2.24) is 0 Å². The van der Waals surface area contributed by atoms with Crippen LogP contribution < -0.4 is 0 Å². The lowest BCUT2D eigenvalue weighted by molar-refractivity contribution is -0.126. The van der Waals surface area contributed by atoms with Gasteiger partial charge in [0.15, 0.2) is 0 Å². The molecule has 0 aromatic carbocycles. The number of hydrogen-bond acceptors (Lipinski definition) is 3. The maximum Gasteiger partial charge on any atom is 0.136 e. The lowest BCUT2D eigenvalue weighted by atomic mass is 9.46. The number of hydrogen-bond donors (Lipinski definition) is 2. The molecule has 4 rings (SSSR count). The van der Waals surface area contributed by atoms with Gasteiger partial charge in [-0.1, -0.05) is 25.5 Å². The molecule has 3 saturated carbocycles. The molecule has 0 aromatic heterocycles. The van der Waals surface area contributed by atoms with Crippen LogP contribution in [0.3, 0.4) is 0 Å². The van der Waals surface area contributed by atoms with Gasteiger partial charge in [0.05, 0.1) is 12.7 Å². The Morgan fingerprint density at radius 1 is 1.22 bits per heavy atom. The zero-order valence-corrected chi connectivity index (χ0v) is 14.4. The summed E-state index contributed by atoms with van der Waals surface area (Å²) in [6.45, 7) is 4.76. The first-order valence-electron chi connectivity index (χ1n) is 9.44. The van der Waals surface area contributed by atoms with Crippen molar-refractivity contribution in [1.29, 1.82) is 0 Å². The number of allylic oxidation sites excluding steroid dienone is 1. The van der Waals surface area contributed by atoms with Gasteiger partial charge in [-0.3, -0.25) is 4.79 Å². The van der Waals surface area contributed by atoms with Crippen molar-refractivity contribution in [3.8, 4) is 0 Å². The van der Waals surface area contributed by atoms with Crippen molar-refractivity contribution in [3.05, 3.63) is 11.6 Å². The molecule has 0 spiro atoms. The molecule has 0 aromatic rings. The van der Waals surface area contributed by atoms with Crippen LogP contribution in [0.1, 0.15) is 58.8 Å². The van der Waals surface area contributed by atoms with E-state index in [0.717, 1.165) is 32.1 Å². The third-order valence-corrected chi connectivity index (χ3v) is 8.22. The highest BCUT2D eigenvalue weighted by atomic mass is 16.3. The molecular formula is C20H30O3. The monoisotopic (exact) mass is 318 g/mol. The molecule has 0 amide bonds. The molecule has 3 heteroatoms. The van der Waals surface area contributed by atoms with Crippen LogP contribution in [0.25, 0.3) is 0 Å². The summed E-state index contributed by atoms with van der Waals surface area (Å²) in [6.07, 6.45) is 8.37. The quantitative estimate of drug-likeness (QED) is 0.731. The van der Waals surface area contributed by atoms with E-state index in [-0.39, 0.29) is 23.5 Å². The summed E-state index contributed by atoms with van der Waals surface area (Å²) in [7, 11) is 0. The van der Waals surface area contributed by atoms with Crippen LogP contribution in [-0.2, 0) is 4.79 Å². The lowest BCUT2D eigenvalue weighted by Crippen LogP contribution is -2.55. The number of Topliss-reactive ketones (excluding diaryl/α,β-unsaturated/α-hetero) is 1. The van der Waals surface area contributed by atoms with E-state index in [1.165, 1.54) is 5.57 Å². The Balaban J connectivity index is 1.77. The first-order valence-corrected chi connectivity index (χ1v) is 9.44. The van der Waals surface area contributed by atoms with Crippen LogP contribution in [0.5, 0.6) is 0 Å². The topological polar surface area (TPSA) is 57.5 Å². The first kappa shape index (κ1) is 15.8. The average Bonchev–Trinajstić information content (AvgIpc) is 2.83. The van der Waals surface area contributed by atoms with Gasteiger partial charge in [0.25, 0.3) is 0 Å². The molecule has 23 heavy (non-hydrogen) atoms. The zero-order valence-electron chi connectivity index (χ0n) is 14.4. The summed E-state index contributed by atoms with van der Waals surface area (Å²) < 4.78 is 0. The Morgan fingerprint density at radius 2 is 2.00 bits per heavy atom. The van der Waals surface area contributed by atoms with E-state index >= 15 is 0 Å². The van der Waals surface area contributed by atoms with Gasteiger partial charge in [-0.25, -0.2) is 0 Å². The number of aliphatic hydroxyl groups is 2. The second-order valence-electron chi connectivity index (χ2n) is 9.01. The maximum atomic E-state index is 12.0. The zero-order chi connectivity index (χ0) is 16.4. The smallest absolute Gasteiger partial charge is 0.136 e.